The molecule has 37 heavy (non-hydrogen) atoms. The number of anilines is 1. The molecular formula is C27H29ClFN5O3. The lowest BCUT2D eigenvalue weighted by Crippen LogP contribution is -2.57. The van der Waals surface area contributed by atoms with Crippen LogP contribution in [0.25, 0.3) is 0 Å². The number of aliphatic hydroxyl groups is 1. The average molecular weight is 526 g/mol. The van der Waals surface area contributed by atoms with E-state index in [1.807, 2.05) is 29.7 Å². The molecule has 2 fully saturated rings. The van der Waals surface area contributed by atoms with E-state index in [4.69, 9.17) is 11.6 Å². The molecular weight excluding hydrogens is 497 g/mol. The number of amides is 1. The quantitative estimate of drug-likeness (QED) is 0.542. The normalized spacial score (nSPS) is 27.9. The van der Waals surface area contributed by atoms with Crippen LogP contribution >= 0.6 is 11.6 Å². The molecule has 3 aromatic rings. The van der Waals surface area contributed by atoms with Crippen LogP contribution in [0, 0.1) is 23.6 Å². The Labute approximate surface area is 219 Å². The smallest absolute Gasteiger partial charge is 0.264 e. The number of hydrogen-bond acceptors (Lipinski definition) is 6. The van der Waals surface area contributed by atoms with E-state index in [-0.39, 0.29) is 35.0 Å². The van der Waals surface area contributed by atoms with Gasteiger partial charge in [-0.15, -0.1) is 0 Å². The third-order valence-electron chi connectivity index (χ3n) is 7.87. The molecule has 2 aliphatic heterocycles. The van der Waals surface area contributed by atoms with Gasteiger partial charge in [0.05, 0.1) is 16.5 Å². The molecule has 10 heteroatoms. The summed E-state index contributed by atoms with van der Waals surface area (Å²) in [6.45, 7) is 5.48. The van der Waals surface area contributed by atoms with Crippen LogP contribution in [0.5, 0.6) is 0 Å². The number of halogens is 2. The van der Waals surface area contributed by atoms with Crippen molar-refractivity contribution in [1.82, 2.24) is 20.1 Å². The third-order valence-corrected chi connectivity index (χ3v) is 8.09. The Hall–Kier alpha value is -3.30. The number of likely N-dealkylation sites (tertiary alicyclic amines) is 1. The van der Waals surface area contributed by atoms with Gasteiger partial charge in [-0.1, -0.05) is 37.6 Å². The summed E-state index contributed by atoms with van der Waals surface area (Å²) in [4.78, 5) is 33.8. The van der Waals surface area contributed by atoms with E-state index in [1.54, 1.807) is 30.5 Å². The van der Waals surface area contributed by atoms with Crippen molar-refractivity contribution in [3.63, 3.8) is 0 Å². The van der Waals surface area contributed by atoms with E-state index >= 15 is 0 Å². The average Bonchev–Trinajstić information content (AvgIpc) is 3.33. The van der Waals surface area contributed by atoms with Crippen molar-refractivity contribution in [3.8, 4) is 0 Å². The van der Waals surface area contributed by atoms with E-state index in [1.165, 1.54) is 18.2 Å². The van der Waals surface area contributed by atoms with Gasteiger partial charge in [0, 0.05) is 61.9 Å². The first kappa shape index (κ1) is 25.4. The Morgan fingerprint density at radius 2 is 1.76 bits per heavy atom. The fourth-order valence-corrected chi connectivity index (χ4v) is 5.97. The third kappa shape index (κ3) is 4.73. The van der Waals surface area contributed by atoms with E-state index in [0.29, 0.717) is 42.6 Å². The van der Waals surface area contributed by atoms with Crippen LogP contribution in [0.2, 0.25) is 5.02 Å². The zero-order valence-corrected chi connectivity index (χ0v) is 21.4. The predicted octanol–water partition coefficient (Wildman–Crippen LogP) is 3.18. The number of carbonyl (C=O) groups is 1. The van der Waals surface area contributed by atoms with Gasteiger partial charge in [-0.05, 0) is 35.9 Å². The number of carbonyl (C=O) groups excluding carboxylic acids is 1. The lowest BCUT2D eigenvalue weighted by molar-refractivity contribution is -0.152. The zero-order chi connectivity index (χ0) is 26.3. The zero-order valence-electron chi connectivity index (χ0n) is 20.6. The molecule has 1 aromatic carbocycles. The van der Waals surface area contributed by atoms with Gasteiger partial charge in [-0.2, -0.15) is 5.10 Å². The number of rotatable bonds is 4. The summed E-state index contributed by atoms with van der Waals surface area (Å²) in [7, 11) is 0. The van der Waals surface area contributed by atoms with Crippen LogP contribution in [0.4, 0.5) is 10.2 Å². The fraction of sp³-hybridized carbons (Fsp3) is 0.407. The van der Waals surface area contributed by atoms with Crippen molar-refractivity contribution < 1.29 is 14.3 Å². The molecule has 0 spiro atoms. The molecule has 194 valence electrons. The van der Waals surface area contributed by atoms with Crippen molar-refractivity contribution in [2.24, 2.45) is 17.8 Å². The number of H-pyrrole nitrogens is 1. The van der Waals surface area contributed by atoms with Crippen LogP contribution < -0.4 is 10.5 Å². The number of hydrogen-bond donors (Lipinski definition) is 2. The maximum absolute atomic E-state index is 14.0. The molecule has 0 saturated carbocycles. The largest absolute Gasteiger partial charge is 0.384 e. The lowest BCUT2D eigenvalue weighted by Gasteiger charge is -2.48. The van der Waals surface area contributed by atoms with Gasteiger partial charge >= 0.3 is 0 Å². The summed E-state index contributed by atoms with van der Waals surface area (Å²) in [6.07, 6.45) is 1.58. The molecule has 2 N–H and O–H groups in total. The van der Waals surface area contributed by atoms with Crippen molar-refractivity contribution in [2.45, 2.75) is 25.4 Å². The molecule has 0 aliphatic carbocycles. The van der Waals surface area contributed by atoms with E-state index < -0.39 is 11.5 Å². The van der Waals surface area contributed by atoms with Crippen molar-refractivity contribution >= 4 is 23.3 Å². The highest BCUT2D eigenvalue weighted by Gasteiger charge is 2.49. The second-order valence-electron chi connectivity index (χ2n) is 10.2. The SMILES string of the molecule is C[C@@H]1CN(C(=O)[C@H]2CN(c3ccc(=O)[nH]n3)C[C@H]2c2ccc(Cl)cn2)C[C@H](C)C1(O)c1ccc(F)cc1. The summed E-state index contributed by atoms with van der Waals surface area (Å²) < 4.78 is 13.5. The minimum absolute atomic E-state index is 0.0199. The molecule has 8 nitrogen and oxygen atoms in total. The first-order valence-electron chi connectivity index (χ1n) is 12.4. The van der Waals surface area contributed by atoms with Crippen LogP contribution in [0.1, 0.15) is 31.0 Å². The highest BCUT2D eigenvalue weighted by atomic mass is 35.5. The Morgan fingerprint density at radius 3 is 2.35 bits per heavy atom. The highest BCUT2D eigenvalue weighted by Crippen LogP contribution is 2.43. The second-order valence-corrected chi connectivity index (χ2v) is 10.6. The summed E-state index contributed by atoms with van der Waals surface area (Å²) in [5, 5.41) is 18.8. The van der Waals surface area contributed by atoms with Crippen LogP contribution in [0.3, 0.4) is 0 Å². The first-order chi connectivity index (χ1) is 17.7. The van der Waals surface area contributed by atoms with Crippen LogP contribution in [-0.4, -0.2) is 57.3 Å². The van der Waals surface area contributed by atoms with E-state index in [0.717, 1.165) is 5.69 Å². The van der Waals surface area contributed by atoms with Crippen molar-refractivity contribution in [1.29, 1.82) is 0 Å². The highest BCUT2D eigenvalue weighted by molar-refractivity contribution is 6.30. The van der Waals surface area contributed by atoms with Gasteiger partial charge in [0.15, 0.2) is 0 Å². The Kier molecular flexibility index (Phi) is 6.76. The summed E-state index contributed by atoms with van der Waals surface area (Å²) in [5.74, 6) is -0.938. The Bertz CT molecular complexity index is 1300. The summed E-state index contributed by atoms with van der Waals surface area (Å²) in [6, 6.07) is 12.6. The molecule has 1 amide bonds. The number of aromatic nitrogens is 3. The number of benzene rings is 1. The monoisotopic (exact) mass is 525 g/mol. The number of nitrogens with one attached hydrogen (secondary N) is 1. The maximum Gasteiger partial charge on any atom is 0.264 e. The van der Waals surface area contributed by atoms with Gasteiger partial charge in [0.1, 0.15) is 11.6 Å². The molecule has 2 saturated heterocycles. The number of piperidine rings is 1. The van der Waals surface area contributed by atoms with Gasteiger partial charge in [0.2, 0.25) is 5.91 Å². The number of aromatic amines is 1. The molecule has 2 aromatic heterocycles. The number of pyridine rings is 1. The van der Waals surface area contributed by atoms with Gasteiger partial charge < -0.3 is 14.9 Å². The minimum atomic E-state index is -1.18. The minimum Gasteiger partial charge on any atom is -0.384 e. The maximum atomic E-state index is 14.0. The fourth-order valence-electron chi connectivity index (χ4n) is 5.86. The molecule has 5 rings (SSSR count). The van der Waals surface area contributed by atoms with Gasteiger partial charge in [-0.25, -0.2) is 9.49 Å². The predicted molar refractivity (Wildman–Crippen MR) is 138 cm³/mol. The molecule has 4 heterocycles. The van der Waals surface area contributed by atoms with E-state index in [2.05, 4.69) is 15.2 Å². The number of nitrogens with zero attached hydrogens (tertiary/aromatic N) is 4. The lowest BCUT2D eigenvalue weighted by atomic mass is 9.70. The molecule has 0 bridgehead atoms. The van der Waals surface area contributed by atoms with Crippen molar-refractivity contribution in [2.75, 3.05) is 31.1 Å². The second kappa shape index (κ2) is 9.87. The van der Waals surface area contributed by atoms with Crippen LogP contribution in [0.15, 0.2) is 59.5 Å². The molecule has 0 radical (unpaired) electrons. The summed E-state index contributed by atoms with van der Waals surface area (Å²) in [5.41, 5.74) is -0.0594. The Balaban J connectivity index is 1.41. The Morgan fingerprint density at radius 1 is 1.05 bits per heavy atom. The molecule has 5 atom stereocenters. The molecule has 1 unspecified atom stereocenters. The van der Waals surface area contributed by atoms with Crippen LogP contribution in [-0.2, 0) is 10.4 Å². The standard InChI is InChI=1S/C27H29ClFN5O3/c1-16-12-34(13-17(2)27(16,37)18-3-6-20(29)7-4-18)26(36)22-15-33(24-9-10-25(35)32-31-24)14-21(22)23-8-5-19(28)11-30-23/h3-11,16-17,21-22,37H,12-15H2,1-2H3,(H,32,35)/t16-,17+,21-,22+,27?/m1/s1. The first-order valence-corrected chi connectivity index (χ1v) is 12.7. The van der Waals surface area contributed by atoms with Crippen molar-refractivity contribution in [3.05, 3.63) is 87.2 Å². The molecule has 2 aliphatic rings. The van der Waals surface area contributed by atoms with E-state index in [9.17, 15) is 19.1 Å². The van der Waals surface area contributed by atoms with Gasteiger partial charge in [-0.3, -0.25) is 14.6 Å². The topological polar surface area (TPSA) is 102 Å². The summed E-state index contributed by atoms with van der Waals surface area (Å²) >= 11 is 6.06. The van der Waals surface area contributed by atoms with Gasteiger partial charge in [0.25, 0.3) is 5.56 Å².